The number of aromatic nitrogens is 1. The van der Waals surface area contributed by atoms with Crippen LogP contribution < -0.4 is 11.1 Å². The molecule has 0 spiro atoms. The van der Waals surface area contributed by atoms with E-state index >= 15 is 0 Å². The first-order valence-corrected chi connectivity index (χ1v) is 8.26. The van der Waals surface area contributed by atoms with Gasteiger partial charge < -0.3 is 20.8 Å². The molecule has 2 amide bonds. The summed E-state index contributed by atoms with van der Waals surface area (Å²) in [6.07, 6.45) is 1.66. The lowest BCUT2D eigenvalue weighted by Crippen LogP contribution is -2.43. The van der Waals surface area contributed by atoms with E-state index in [1.807, 2.05) is 18.2 Å². The molecular weight excluding hydrogens is 320 g/mol. The predicted molar refractivity (Wildman–Crippen MR) is 94.0 cm³/mol. The molecular formula is C18H22N4O3. The maximum absolute atomic E-state index is 12.2. The van der Waals surface area contributed by atoms with E-state index in [1.165, 1.54) is 11.6 Å². The van der Waals surface area contributed by atoms with Crippen LogP contribution in [-0.4, -0.2) is 47.5 Å². The zero-order chi connectivity index (χ0) is 17.6. The van der Waals surface area contributed by atoms with Crippen LogP contribution in [0.5, 0.6) is 0 Å². The van der Waals surface area contributed by atoms with E-state index in [1.54, 1.807) is 6.20 Å². The van der Waals surface area contributed by atoms with Gasteiger partial charge in [0.05, 0.1) is 24.8 Å². The maximum atomic E-state index is 12.2. The van der Waals surface area contributed by atoms with Crippen LogP contribution in [-0.2, 0) is 16.1 Å². The van der Waals surface area contributed by atoms with Crippen LogP contribution in [0.15, 0.2) is 42.6 Å². The molecule has 1 fully saturated rings. The molecule has 0 saturated carbocycles. The molecule has 4 N–H and O–H groups in total. The van der Waals surface area contributed by atoms with E-state index in [0.29, 0.717) is 18.8 Å². The summed E-state index contributed by atoms with van der Waals surface area (Å²) >= 11 is 0. The van der Waals surface area contributed by atoms with Gasteiger partial charge in [0.25, 0.3) is 5.91 Å². The number of benzene rings is 1. The molecule has 3 rings (SSSR count). The highest BCUT2D eigenvalue weighted by atomic mass is 16.5. The van der Waals surface area contributed by atoms with E-state index < -0.39 is 5.91 Å². The minimum Gasteiger partial charge on any atom is -0.375 e. The number of rotatable bonds is 6. The topological polar surface area (TPSA) is 100 Å². The summed E-state index contributed by atoms with van der Waals surface area (Å²) < 4.78 is 5.71. The largest absolute Gasteiger partial charge is 0.375 e. The Labute approximate surface area is 146 Å². The van der Waals surface area contributed by atoms with E-state index in [4.69, 9.17) is 10.5 Å². The number of carbonyl (C=O) groups is 2. The smallest absolute Gasteiger partial charge is 0.265 e. The highest BCUT2D eigenvalue weighted by Crippen LogP contribution is 2.14. The molecule has 0 aliphatic carbocycles. The van der Waals surface area contributed by atoms with Crippen molar-refractivity contribution in [1.29, 1.82) is 0 Å². The van der Waals surface area contributed by atoms with Crippen molar-refractivity contribution >= 4 is 17.5 Å². The number of nitrogens with one attached hydrogen (secondary N) is 2. The second-order valence-electron chi connectivity index (χ2n) is 6.13. The van der Waals surface area contributed by atoms with Gasteiger partial charge in [-0.05, 0) is 11.6 Å². The molecule has 1 aliphatic rings. The standard InChI is InChI=1S/C18H22N4O3/c19-18(24)16-8-14(10-20-16)21-17(23)9-15-12-22(6-7-25-15)11-13-4-2-1-3-5-13/h1-5,8,10,15,20H,6-7,9,11-12H2,(H2,19,24)(H,21,23)/t15-/m0/s1. The summed E-state index contributed by atoms with van der Waals surface area (Å²) in [6.45, 7) is 3.03. The number of aromatic amines is 1. The fourth-order valence-electron chi connectivity index (χ4n) is 2.92. The molecule has 0 radical (unpaired) electrons. The van der Waals surface area contributed by atoms with Crippen LogP contribution in [0.2, 0.25) is 0 Å². The second-order valence-corrected chi connectivity index (χ2v) is 6.13. The lowest BCUT2D eigenvalue weighted by atomic mass is 10.1. The fraction of sp³-hybridized carbons (Fsp3) is 0.333. The molecule has 2 heterocycles. The van der Waals surface area contributed by atoms with Gasteiger partial charge in [-0.15, -0.1) is 0 Å². The predicted octanol–water partition coefficient (Wildman–Crippen LogP) is 1.34. The van der Waals surface area contributed by atoms with Crippen molar-refractivity contribution in [3.8, 4) is 0 Å². The van der Waals surface area contributed by atoms with Gasteiger partial charge in [0.15, 0.2) is 0 Å². The van der Waals surface area contributed by atoms with Gasteiger partial charge >= 0.3 is 0 Å². The number of primary amides is 1. The van der Waals surface area contributed by atoms with Gasteiger partial charge in [0.1, 0.15) is 5.69 Å². The molecule has 2 aromatic rings. The van der Waals surface area contributed by atoms with Crippen molar-refractivity contribution in [1.82, 2.24) is 9.88 Å². The molecule has 1 saturated heterocycles. The lowest BCUT2D eigenvalue weighted by Gasteiger charge is -2.32. The Hall–Kier alpha value is -2.64. The first-order chi connectivity index (χ1) is 12.1. The van der Waals surface area contributed by atoms with Crippen LogP contribution in [0.1, 0.15) is 22.5 Å². The highest BCUT2D eigenvalue weighted by molar-refractivity contribution is 5.95. The third-order valence-electron chi connectivity index (χ3n) is 4.12. The Morgan fingerprint density at radius 3 is 2.84 bits per heavy atom. The number of ether oxygens (including phenoxy) is 1. The van der Waals surface area contributed by atoms with Crippen LogP contribution in [0, 0.1) is 0 Å². The Morgan fingerprint density at radius 2 is 2.12 bits per heavy atom. The highest BCUT2D eigenvalue weighted by Gasteiger charge is 2.23. The fourth-order valence-corrected chi connectivity index (χ4v) is 2.92. The SMILES string of the molecule is NC(=O)c1cc(NC(=O)C[C@H]2CN(Cc3ccccc3)CCO2)c[nH]1. The number of hydrogen-bond donors (Lipinski definition) is 3. The zero-order valence-electron chi connectivity index (χ0n) is 13.9. The Bertz CT molecular complexity index is 729. The molecule has 0 unspecified atom stereocenters. The van der Waals surface area contributed by atoms with Crippen molar-refractivity contribution in [2.45, 2.75) is 19.1 Å². The number of nitrogens with zero attached hydrogens (tertiary/aromatic N) is 1. The van der Waals surface area contributed by atoms with Crippen LogP contribution >= 0.6 is 0 Å². The zero-order valence-corrected chi connectivity index (χ0v) is 13.9. The number of morpholine rings is 1. The van der Waals surface area contributed by atoms with E-state index in [2.05, 4.69) is 27.3 Å². The van der Waals surface area contributed by atoms with E-state index in [0.717, 1.165) is 13.1 Å². The second kappa shape index (κ2) is 7.96. The molecule has 1 aromatic heterocycles. The first kappa shape index (κ1) is 17.2. The molecule has 0 bridgehead atoms. The molecule has 132 valence electrons. The van der Waals surface area contributed by atoms with Crippen molar-refractivity contribution in [2.24, 2.45) is 5.73 Å². The maximum Gasteiger partial charge on any atom is 0.265 e. The summed E-state index contributed by atoms with van der Waals surface area (Å²) in [4.78, 5) is 28.3. The summed E-state index contributed by atoms with van der Waals surface area (Å²) in [5.74, 6) is -0.714. The van der Waals surface area contributed by atoms with Crippen molar-refractivity contribution in [3.63, 3.8) is 0 Å². The number of H-pyrrole nitrogens is 1. The van der Waals surface area contributed by atoms with Crippen molar-refractivity contribution in [2.75, 3.05) is 25.0 Å². The summed E-state index contributed by atoms with van der Waals surface area (Å²) in [5.41, 5.74) is 7.21. The minimum atomic E-state index is -0.562. The monoisotopic (exact) mass is 342 g/mol. The lowest BCUT2D eigenvalue weighted by molar-refractivity contribution is -0.121. The van der Waals surface area contributed by atoms with Crippen molar-refractivity contribution in [3.05, 3.63) is 53.9 Å². The molecule has 1 aromatic carbocycles. The van der Waals surface area contributed by atoms with Crippen LogP contribution in [0.3, 0.4) is 0 Å². The summed E-state index contributed by atoms with van der Waals surface area (Å²) in [7, 11) is 0. The van der Waals surface area contributed by atoms with Gasteiger partial charge in [-0.2, -0.15) is 0 Å². The Morgan fingerprint density at radius 1 is 1.32 bits per heavy atom. The quantitative estimate of drug-likeness (QED) is 0.737. The average molecular weight is 342 g/mol. The van der Waals surface area contributed by atoms with Gasteiger partial charge in [0, 0.05) is 25.8 Å². The Kier molecular flexibility index (Phi) is 5.47. The van der Waals surface area contributed by atoms with Gasteiger partial charge in [-0.3, -0.25) is 14.5 Å². The van der Waals surface area contributed by atoms with E-state index in [-0.39, 0.29) is 24.1 Å². The molecule has 1 atom stereocenters. The molecule has 7 nitrogen and oxygen atoms in total. The molecule has 1 aliphatic heterocycles. The number of anilines is 1. The number of carbonyl (C=O) groups excluding carboxylic acids is 2. The number of amides is 2. The van der Waals surface area contributed by atoms with Gasteiger partial charge in [-0.1, -0.05) is 30.3 Å². The van der Waals surface area contributed by atoms with Crippen molar-refractivity contribution < 1.29 is 14.3 Å². The summed E-state index contributed by atoms with van der Waals surface area (Å²) in [5, 5.41) is 2.75. The van der Waals surface area contributed by atoms with E-state index in [9.17, 15) is 9.59 Å². The average Bonchev–Trinajstić information content (AvgIpc) is 3.05. The molecule has 25 heavy (non-hydrogen) atoms. The Balaban J connectivity index is 1.49. The third-order valence-corrected chi connectivity index (χ3v) is 4.12. The number of hydrogen-bond acceptors (Lipinski definition) is 4. The molecule has 7 heteroatoms. The van der Waals surface area contributed by atoms with Gasteiger partial charge in [-0.25, -0.2) is 0 Å². The normalized spacial score (nSPS) is 18.0. The minimum absolute atomic E-state index is 0.146. The third kappa shape index (κ3) is 4.91. The van der Waals surface area contributed by atoms with Gasteiger partial charge in [0.2, 0.25) is 5.91 Å². The first-order valence-electron chi connectivity index (χ1n) is 8.26. The van der Waals surface area contributed by atoms with Crippen LogP contribution in [0.4, 0.5) is 5.69 Å². The number of nitrogens with two attached hydrogens (primary N) is 1. The summed E-state index contributed by atoms with van der Waals surface area (Å²) in [6, 6.07) is 11.8. The van der Waals surface area contributed by atoms with Crippen LogP contribution in [0.25, 0.3) is 0 Å².